The van der Waals surface area contributed by atoms with Crippen molar-refractivity contribution in [1.29, 1.82) is 0 Å². The first-order valence-electron chi connectivity index (χ1n) is 7.52. The molecule has 0 heterocycles. The van der Waals surface area contributed by atoms with E-state index in [1.165, 1.54) is 23.3 Å². The lowest BCUT2D eigenvalue weighted by atomic mass is 9.76. The molecule has 0 atom stereocenters. The van der Waals surface area contributed by atoms with Gasteiger partial charge >= 0.3 is 0 Å². The van der Waals surface area contributed by atoms with Gasteiger partial charge in [0.2, 0.25) is 0 Å². The van der Waals surface area contributed by atoms with Gasteiger partial charge in [0.1, 0.15) is 5.82 Å². The van der Waals surface area contributed by atoms with Crippen LogP contribution in [0.5, 0.6) is 0 Å². The van der Waals surface area contributed by atoms with E-state index in [1.54, 1.807) is 0 Å². The zero-order chi connectivity index (χ0) is 15.5. The van der Waals surface area contributed by atoms with Crippen molar-refractivity contribution < 1.29 is 4.39 Å². The lowest BCUT2D eigenvalue weighted by Gasteiger charge is -2.33. The second-order valence-corrected chi connectivity index (χ2v) is 5.88. The highest BCUT2D eigenvalue weighted by molar-refractivity contribution is 14.0. The van der Waals surface area contributed by atoms with Crippen LogP contribution in [0.4, 0.5) is 10.1 Å². The Morgan fingerprint density at radius 1 is 1.17 bits per heavy atom. The molecular weight excluding hydrogens is 404 g/mol. The van der Waals surface area contributed by atoms with Crippen LogP contribution in [0.15, 0.2) is 53.5 Å². The van der Waals surface area contributed by atoms with Crippen LogP contribution >= 0.6 is 24.0 Å². The maximum absolute atomic E-state index is 12.9. The van der Waals surface area contributed by atoms with Gasteiger partial charge in [0.25, 0.3) is 0 Å². The molecule has 2 aromatic rings. The molecule has 3 rings (SSSR count). The third-order valence-corrected chi connectivity index (χ3v) is 4.07. The molecule has 1 saturated carbocycles. The van der Waals surface area contributed by atoms with Gasteiger partial charge in [-0.2, -0.15) is 0 Å². The van der Waals surface area contributed by atoms with Crippen LogP contribution in [-0.2, 0) is 0 Å². The van der Waals surface area contributed by atoms with Crippen LogP contribution in [0.2, 0.25) is 0 Å². The number of halogens is 2. The Morgan fingerprint density at radius 2 is 1.87 bits per heavy atom. The lowest BCUT2D eigenvalue weighted by Crippen LogP contribution is -2.31. The normalized spacial score (nSPS) is 20.3. The fraction of sp³-hybridized carbons (Fsp3) is 0.278. The average Bonchev–Trinajstić information content (AvgIpc) is 2.44. The summed E-state index contributed by atoms with van der Waals surface area (Å²) in [4.78, 5) is 4.51. The minimum absolute atomic E-state index is 0. The number of hydrogen-bond acceptors (Lipinski definition) is 1. The van der Waals surface area contributed by atoms with E-state index in [1.807, 2.05) is 43.3 Å². The molecule has 0 aliphatic heterocycles. The van der Waals surface area contributed by atoms with Gasteiger partial charge in [0.15, 0.2) is 5.96 Å². The predicted octanol–water partition coefficient (Wildman–Crippen LogP) is 4.42. The van der Waals surface area contributed by atoms with Crippen molar-refractivity contribution in [1.82, 2.24) is 0 Å². The highest BCUT2D eigenvalue weighted by Gasteiger charge is 2.30. The quantitative estimate of drug-likeness (QED) is 0.435. The SMILES string of the molecule is Cc1cccc(NC(N)=NC2CC(c3ccc(F)cc3)C2)c1.I. The summed E-state index contributed by atoms with van der Waals surface area (Å²) in [5.74, 6) is 0.721. The molecule has 3 N–H and O–H groups in total. The maximum atomic E-state index is 12.9. The number of guanidine groups is 1. The van der Waals surface area contributed by atoms with Gasteiger partial charge in [-0.3, -0.25) is 0 Å². The fourth-order valence-corrected chi connectivity index (χ4v) is 2.80. The molecule has 5 heteroatoms. The number of nitrogens with two attached hydrogens (primary N) is 1. The third kappa shape index (κ3) is 4.67. The first kappa shape index (κ1) is 17.7. The van der Waals surface area contributed by atoms with E-state index >= 15 is 0 Å². The summed E-state index contributed by atoms with van der Waals surface area (Å²) in [6.07, 6.45) is 1.92. The molecule has 1 fully saturated rings. The molecule has 0 aromatic heterocycles. The van der Waals surface area contributed by atoms with Crippen LogP contribution in [0.1, 0.15) is 29.9 Å². The predicted molar refractivity (Wildman–Crippen MR) is 104 cm³/mol. The zero-order valence-corrected chi connectivity index (χ0v) is 15.3. The van der Waals surface area contributed by atoms with E-state index in [4.69, 9.17) is 5.73 Å². The summed E-state index contributed by atoms with van der Waals surface area (Å²) >= 11 is 0. The van der Waals surface area contributed by atoms with E-state index in [2.05, 4.69) is 10.3 Å². The first-order valence-corrected chi connectivity index (χ1v) is 7.52. The Balaban J connectivity index is 0.00000192. The number of nitrogens with one attached hydrogen (secondary N) is 1. The molecule has 0 radical (unpaired) electrons. The topological polar surface area (TPSA) is 50.4 Å². The summed E-state index contributed by atoms with van der Waals surface area (Å²) in [7, 11) is 0. The smallest absolute Gasteiger partial charge is 0.193 e. The van der Waals surface area contributed by atoms with Gasteiger partial charge in [-0.05, 0) is 61.1 Å². The van der Waals surface area contributed by atoms with E-state index < -0.39 is 0 Å². The number of benzene rings is 2. The molecule has 1 aliphatic rings. The second kappa shape index (κ2) is 7.77. The molecule has 0 saturated heterocycles. The molecule has 3 nitrogen and oxygen atoms in total. The summed E-state index contributed by atoms with van der Waals surface area (Å²) in [6, 6.07) is 15.0. The zero-order valence-electron chi connectivity index (χ0n) is 13.0. The van der Waals surface area contributed by atoms with Gasteiger partial charge in [-0.25, -0.2) is 9.38 Å². The molecule has 122 valence electrons. The Hall–Kier alpha value is -1.63. The Labute approximate surface area is 153 Å². The Kier molecular flexibility index (Phi) is 5.98. The van der Waals surface area contributed by atoms with Crippen molar-refractivity contribution in [3.63, 3.8) is 0 Å². The van der Waals surface area contributed by atoms with Gasteiger partial charge in [-0.15, -0.1) is 24.0 Å². The number of hydrogen-bond donors (Lipinski definition) is 2. The summed E-state index contributed by atoms with van der Waals surface area (Å²) in [6.45, 7) is 2.04. The highest BCUT2D eigenvalue weighted by Crippen LogP contribution is 2.38. The van der Waals surface area contributed by atoms with Crippen molar-refractivity contribution in [2.45, 2.75) is 31.7 Å². The van der Waals surface area contributed by atoms with Crippen molar-refractivity contribution in [3.05, 3.63) is 65.5 Å². The van der Waals surface area contributed by atoms with Gasteiger partial charge in [0.05, 0.1) is 6.04 Å². The van der Waals surface area contributed by atoms with Gasteiger partial charge in [-0.1, -0.05) is 24.3 Å². The minimum atomic E-state index is -0.191. The van der Waals surface area contributed by atoms with Crippen LogP contribution in [0, 0.1) is 12.7 Å². The molecule has 23 heavy (non-hydrogen) atoms. The summed E-state index contributed by atoms with van der Waals surface area (Å²) in [5, 5.41) is 3.12. The molecule has 0 unspecified atom stereocenters. The average molecular weight is 425 g/mol. The van der Waals surface area contributed by atoms with E-state index in [0.717, 1.165) is 18.5 Å². The number of aliphatic imine (C=N–C) groups is 1. The van der Waals surface area contributed by atoms with Crippen molar-refractivity contribution in [2.75, 3.05) is 5.32 Å². The van der Waals surface area contributed by atoms with Gasteiger partial charge < -0.3 is 11.1 Å². The molecule has 2 aromatic carbocycles. The highest BCUT2D eigenvalue weighted by atomic mass is 127. The molecule has 1 aliphatic carbocycles. The summed E-state index contributed by atoms with van der Waals surface area (Å²) < 4.78 is 12.9. The number of aryl methyl sites for hydroxylation is 1. The standard InChI is InChI=1S/C18H20FN3.HI/c1-12-3-2-4-16(9-12)21-18(20)22-17-10-14(11-17)13-5-7-15(19)8-6-13;/h2-9,14,17H,10-11H2,1H3,(H3,20,21,22);1H. The van der Waals surface area contributed by atoms with Crippen LogP contribution < -0.4 is 11.1 Å². The van der Waals surface area contributed by atoms with Crippen LogP contribution in [0.25, 0.3) is 0 Å². The second-order valence-electron chi connectivity index (χ2n) is 5.88. The van der Waals surface area contributed by atoms with E-state index in [-0.39, 0.29) is 35.8 Å². The first-order chi connectivity index (χ1) is 10.6. The number of nitrogens with zero attached hydrogens (tertiary/aromatic N) is 1. The van der Waals surface area contributed by atoms with E-state index in [9.17, 15) is 4.39 Å². The monoisotopic (exact) mass is 425 g/mol. The third-order valence-electron chi connectivity index (χ3n) is 4.07. The minimum Gasteiger partial charge on any atom is -0.370 e. The van der Waals surface area contributed by atoms with Crippen molar-refractivity contribution in [3.8, 4) is 0 Å². The van der Waals surface area contributed by atoms with Crippen LogP contribution in [0.3, 0.4) is 0 Å². The molecule has 0 amide bonds. The summed E-state index contributed by atoms with van der Waals surface area (Å²) in [5.41, 5.74) is 9.27. The van der Waals surface area contributed by atoms with Crippen molar-refractivity contribution in [2.24, 2.45) is 10.7 Å². The van der Waals surface area contributed by atoms with Crippen LogP contribution in [-0.4, -0.2) is 12.0 Å². The molecular formula is C18H21FIN3. The Morgan fingerprint density at radius 3 is 2.52 bits per heavy atom. The van der Waals surface area contributed by atoms with Gasteiger partial charge in [0, 0.05) is 5.69 Å². The number of anilines is 1. The maximum Gasteiger partial charge on any atom is 0.193 e. The fourth-order valence-electron chi connectivity index (χ4n) is 2.80. The van der Waals surface area contributed by atoms with E-state index in [0.29, 0.717) is 11.9 Å². The Bertz CT molecular complexity index is 679. The number of rotatable bonds is 3. The van der Waals surface area contributed by atoms with Crippen molar-refractivity contribution >= 4 is 35.6 Å². The largest absolute Gasteiger partial charge is 0.370 e. The lowest BCUT2D eigenvalue weighted by molar-refractivity contribution is 0.353. The molecule has 0 spiro atoms. The molecule has 0 bridgehead atoms.